The lowest BCUT2D eigenvalue weighted by atomic mass is 10.1. The highest BCUT2D eigenvalue weighted by molar-refractivity contribution is 6.30. The molecule has 0 N–H and O–H groups in total. The molecule has 0 spiro atoms. The van der Waals surface area contributed by atoms with Gasteiger partial charge in [0, 0.05) is 6.07 Å². The van der Waals surface area contributed by atoms with Crippen LogP contribution in [-0.2, 0) is 4.79 Å². The van der Waals surface area contributed by atoms with Crippen LogP contribution in [-0.4, -0.2) is 17.3 Å². The molecule has 5 nitrogen and oxygen atoms in total. The zero-order chi connectivity index (χ0) is 13.9. The van der Waals surface area contributed by atoms with Gasteiger partial charge in [0.15, 0.2) is 5.78 Å². The molecular formula is C10H8ClF2NO4. The van der Waals surface area contributed by atoms with Crippen molar-refractivity contribution < 1.29 is 23.2 Å². The van der Waals surface area contributed by atoms with Gasteiger partial charge in [-0.05, 0) is 24.6 Å². The zero-order valence-electron chi connectivity index (χ0n) is 9.10. The smallest absolute Gasteiger partial charge is 0.387 e. The topological polar surface area (TPSA) is 69.4 Å². The molecule has 1 rings (SSSR count). The van der Waals surface area contributed by atoms with Crippen LogP contribution in [0.4, 0.5) is 14.5 Å². The number of alkyl halides is 3. The molecule has 1 unspecified atom stereocenters. The van der Waals surface area contributed by atoms with E-state index < -0.39 is 34.1 Å². The standard InChI is InChI=1S/C10H8ClF2NO4/c1-5(15)9(11)6-2-3-7(14(16)17)8(4-6)18-10(12)13/h2-4,9-10H,1H3. The predicted molar refractivity (Wildman–Crippen MR) is 59.0 cm³/mol. The van der Waals surface area contributed by atoms with E-state index in [-0.39, 0.29) is 5.56 Å². The quantitative estimate of drug-likeness (QED) is 0.472. The van der Waals surface area contributed by atoms with Gasteiger partial charge in [-0.3, -0.25) is 14.9 Å². The van der Waals surface area contributed by atoms with E-state index in [4.69, 9.17) is 11.6 Å². The lowest BCUT2D eigenvalue weighted by molar-refractivity contribution is -0.386. The molecule has 0 fully saturated rings. The van der Waals surface area contributed by atoms with Crippen molar-refractivity contribution in [2.24, 2.45) is 0 Å². The maximum absolute atomic E-state index is 12.1. The number of ketones is 1. The molecule has 0 radical (unpaired) electrons. The monoisotopic (exact) mass is 279 g/mol. The molecule has 0 saturated heterocycles. The minimum atomic E-state index is -3.20. The largest absolute Gasteiger partial charge is 0.427 e. The van der Waals surface area contributed by atoms with Gasteiger partial charge in [0.2, 0.25) is 5.75 Å². The molecular weight excluding hydrogens is 272 g/mol. The average molecular weight is 280 g/mol. The maximum Gasteiger partial charge on any atom is 0.387 e. The van der Waals surface area contributed by atoms with E-state index in [1.165, 1.54) is 13.0 Å². The second-order valence-electron chi connectivity index (χ2n) is 3.34. The molecule has 0 aliphatic heterocycles. The van der Waals surface area contributed by atoms with Gasteiger partial charge >= 0.3 is 12.3 Å². The van der Waals surface area contributed by atoms with Crippen molar-refractivity contribution in [1.29, 1.82) is 0 Å². The lowest BCUT2D eigenvalue weighted by Crippen LogP contribution is -2.07. The lowest BCUT2D eigenvalue weighted by Gasteiger charge is -2.09. The molecule has 18 heavy (non-hydrogen) atoms. The first-order valence-corrected chi connectivity index (χ1v) is 5.14. The number of carbonyl (C=O) groups is 1. The summed E-state index contributed by atoms with van der Waals surface area (Å²) in [5.41, 5.74) is -0.461. The third-order valence-electron chi connectivity index (χ3n) is 2.05. The van der Waals surface area contributed by atoms with Gasteiger partial charge in [0.1, 0.15) is 5.38 Å². The Labute approximate surface area is 105 Å². The van der Waals surface area contributed by atoms with E-state index in [2.05, 4.69) is 4.74 Å². The number of nitro benzene ring substituents is 1. The first-order chi connectivity index (χ1) is 8.32. The third-order valence-corrected chi connectivity index (χ3v) is 2.61. The summed E-state index contributed by atoms with van der Waals surface area (Å²) in [4.78, 5) is 20.8. The highest BCUT2D eigenvalue weighted by Gasteiger charge is 2.22. The Morgan fingerprint density at radius 2 is 2.11 bits per heavy atom. The Morgan fingerprint density at radius 3 is 2.56 bits per heavy atom. The number of hydrogen-bond acceptors (Lipinski definition) is 4. The number of carbonyl (C=O) groups excluding carboxylic acids is 1. The van der Waals surface area contributed by atoms with Crippen LogP contribution in [0.1, 0.15) is 17.9 Å². The molecule has 0 heterocycles. The van der Waals surface area contributed by atoms with E-state index in [9.17, 15) is 23.7 Å². The Bertz CT molecular complexity index is 481. The minimum Gasteiger partial charge on any atom is -0.427 e. The normalized spacial score (nSPS) is 12.3. The molecule has 1 atom stereocenters. The molecule has 0 amide bonds. The summed E-state index contributed by atoms with van der Waals surface area (Å²) in [5.74, 6) is -1.03. The molecule has 0 aromatic heterocycles. The van der Waals surface area contributed by atoms with Crippen LogP contribution in [0.5, 0.6) is 5.75 Å². The molecule has 8 heteroatoms. The van der Waals surface area contributed by atoms with Crippen LogP contribution in [0.2, 0.25) is 0 Å². The summed E-state index contributed by atoms with van der Waals surface area (Å²) in [7, 11) is 0. The van der Waals surface area contributed by atoms with Crippen molar-refractivity contribution >= 4 is 23.1 Å². The summed E-state index contributed by atoms with van der Waals surface area (Å²) in [6.45, 7) is -1.99. The second kappa shape index (κ2) is 5.72. The zero-order valence-corrected chi connectivity index (χ0v) is 9.86. The third kappa shape index (κ3) is 3.36. The summed E-state index contributed by atoms with van der Waals surface area (Å²) in [5, 5.41) is 9.53. The Kier molecular flexibility index (Phi) is 4.55. The van der Waals surface area contributed by atoms with Crippen LogP contribution < -0.4 is 4.74 Å². The number of Topliss-reactive ketones (excluding diaryl/α,β-unsaturated/α-hetero) is 1. The highest BCUT2D eigenvalue weighted by Crippen LogP contribution is 2.33. The van der Waals surface area contributed by atoms with Gasteiger partial charge in [0.05, 0.1) is 4.92 Å². The molecule has 0 saturated carbocycles. The SMILES string of the molecule is CC(=O)C(Cl)c1ccc([N+](=O)[O-])c(OC(F)F)c1. The van der Waals surface area contributed by atoms with Crippen molar-refractivity contribution in [2.75, 3.05) is 0 Å². The fourth-order valence-corrected chi connectivity index (χ4v) is 1.40. The summed E-state index contributed by atoms with van der Waals surface area (Å²) < 4.78 is 28.3. The Balaban J connectivity index is 3.20. The number of nitrogens with zero attached hydrogens (tertiary/aromatic N) is 1. The van der Waals surface area contributed by atoms with E-state index in [1.54, 1.807) is 0 Å². The molecule has 1 aromatic carbocycles. The molecule has 0 aliphatic carbocycles. The maximum atomic E-state index is 12.1. The van der Waals surface area contributed by atoms with E-state index in [1.807, 2.05) is 0 Å². The van der Waals surface area contributed by atoms with Gasteiger partial charge in [0.25, 0.3) is 0 Å². The summed E-state index contributed by atoms with van der Waals surface area (Å²) in [6.07, 6.45) is 0. The van der Waals surface area contributed by atoms with E-state index in [0.29, 0.717) is 0 Å². The summed E-state index contributed by atoms with van der Waals surface area (Å²) in [6, 6.07) is 3.14. The van der Waals surface area contributed by atoms with Crippen molar-refractivity contribution in [3.63, 3.8) is 0 Å². The van der Waals surface area contributed by atoms with Gasteiger partial charge in [-0.1, -0.05) is 0 Å². The number of hydrogen-bond donors (Lipinski definition) is 0. The van der Waals surface area contributed by atoms with Crippen LogP contribution in [0, 0.1) is 10.1 Å². The first kappa shape index (κ1) is 14.3. The van der Waals surface area contributed by atoms with E-state index in [0.717, 1.165) is 12.1 Å². The van der Waals surface area contributed by atoms with Crippen molar-refractivity contribution in [3.8, 4) is 5.75 Å². The van der Waals surface area contributed by atoms with Crippen LogP contribution >= 0.6 is 11.6 Å². The van der Waals surface area contributed by atoms with E-state index >= 15 is 0 Å². The fraction of sp³-hybridized carbons (Fsp3) is 0.300. The van der Waals surface area contributed by atoms with Gasteiger partial charge in [-0.2, -0.15) is 8.78 Å². The van der Waals surface area contributed by atoms with Gasteiger partial charge in [-0.15, -0.1) is 11.6 Å². The van der Waals surface area contributed by atoms with Crippen molar-refractivity contribution in [1.82, 2.24) is 0 Å². The molecule has 0 bridgehead atoms. The number of benzene rings is 1. The summed E-state index contributed by atoms with van der Waals surface area (Å²) >= 11 is 5.72. The highest BCUT2D eigenvalue weighted by atomic mass is 35.5. The number of ether oxygens (including phenoxy) is 1. The Hall–Kier alpha value is -1.76. The molecule has 0 aliphatic rings. The minimum absolute atomic E-state index is 0.158. The number of rotatable bonds is 5. The predicted octanol–water partition coefficient (Wildman–Crippen LogP) is 3.07. The van der Waals surface area contributed by atoms with Crippen LogP contribution in [0.15, 0.2) is 18.2 Å². The number of nitro groups is 1. The van der Waals surface area contributed by atoms with Crippen LogP contribution in [0.3, 0.4) is 0 Å². The van der Waals surface area contributed by atoms with Crippen LogP contribution in [0.25, 0.3) is 0 Å². The fourth-order valence-electron chi connectivity index (χ4n) is 1.26. The van der Waals surface area contributed by atoms with Crippen molar-refractivity contribution in [3.05, 3.63) is 33.9 Å². The van der Waals surface area contributed by atoms with Gasteiger partial charge < -0.3 is 4.74 Å². The average Bonchev–Trinajstić information content (AvgIpc) is 2.26. The van der Waals surface area contributed by atoms with Gasteiger partial charge in [-0.25, -0.2) is 0 Å². The second-order valence-corrected chi connectivity index (χ2v) is 3.77. The molecule has 98 valence electrons. The molecule has 1 aromatic rings. The number of halogens is 3. The Morgan fingerprint density at radius 1 is 1.50 bits per heavy atom. The first-order valence-electron chi connectivity index (χ1n) is 4.70. The van der Waals surface area contributed by atoms with Crippen molar-refractivity contribution in [2.45, 2.75) is 18.9 Å².